The summed E-state index contributed by atoms with van der Waals surface area (Å²) in [5.74, 6) is 0.752. The van der Waals surface area contributed by atoms with E-state index in [1.165, 1.54) is 0 Å². The van der Waals surface area contributed by atoms with Gasteiger partial charge in [0.05, 0.1) is 0 Å². The molecule has 0 aromatic heterocycles. The average Bonchev–Trinajstić information content (AvgIpc) is 1.99. The topological polar surface area (TPSA) is 127 Å². The van der Waals surface area contributed by atoms with Crippen molar-refractivity contribution in [3.8, 4) is 0 Å². The summed E-state index contributed by atoms with van der Waals surface area (Å²) in [5, 5.41) is 2.19. The lowest BCUT2D eigenvalue weighted by molar-refractivity contribution is 0.328. The summed E-state index contributed by atoms with van der Waals surface area (Å²) in [5.41, 5.74) is -2.09. The van der Waals surface area contributed by atoms with Crippen LogP contribution in [0.25, 0.3) is 0 Å². The molecule has 0 fully saturated rings. The summed E-state index contributed by atoms with van der Waals surface area (Å²) >= 11 is 1.54. The van der Waals surface area contributed by atoms with Crippen molar-refractivity contribution in [1.29, 1.82) is 0 Å². The Balaban J connectivity index is 4.30. The molecule has 0 saturated carbocycles. The van der Waals surface area contributed by atoms with Crippen molar-refractivity contribution in [2.24, 2.45) is 0 Å². The Morgan fingerprint density at radius 1 is 1.20 bits per heavy atom. The van der Waals surface area contributed by atoms with E-state index in [-0.39, 0.29) is 6.54 Å². The van der Waals surface area contributed by atoms with Gasteiger partial charge in [0, 0.05) is 0 Å². The molecule has 5 N–H and O–H groups in total. The molecule has 0 rings (SSSR count). The predicted molar refractivity (Wildman–Crippen MR) is 58.9 cm³/mol. The molecule has 0 aliphatic heterocycles. The van der Waals surface area contributed by atoms with E-state index >= 15 is 0 Å². The van der Waals surface area contributed by atoms with Crippen molar-refractivity contribution in [3.05, 3.63) is 0 Å². The van der Waals surface area contributed by atoms with Crippen molar-refractivity contribution in [1.82, 2.24) is 5.32 Å². The van der Waals surface area contributed by atoms with Crippen LogP contribution in [0, 0.1) is 0 Å². The first-order valence-electron chi connectivity index (χ1n) is 4.02. The molecule has 10 heteroatoms. The van der Waals surface area contributed by atoms with Crippen LogP contribution in [0.2, 0.25) is 0 Å². The lowest BCUT2D eigenvalue weighted by Crippen LogP contribution is -2.30. The molecule has 0 amide bonds. The van der Waals surface area contributed by atoms with Crippen LogP contribution in [-0.2, 0) is 9.13 Å². The van der Waals surface area contributed by atoms with Crippen LogP contribution in [0.5, 0.6) is 0 Å². The van der Waals surface area contributed by atoms with Crippen molar-refractivity contribution in [2.75, 3.05) is 18.6 Å². The van der Waals surface area contributed by atoms with E-state index in [0.717, 1.165) is 5.75 Å². The fourth-order valence-electron chi connectivity index (χ4n) is 0.881. The molecule has 0 spiro atoms. The maximum absolute atomic E-state index is 10.8. The van der Waals surface area contributed by atoms with E-state index in [2.05, 4.69) is 5.32 Å². The molecule has 0 aliphatic rings. The smallest absolute Gasteiger partial charge is 0.323 e. The van der Waals surface area contributed by atoms with Crippen molar-refractivity contribution < 1.29 is 28.7 Å². The fourth-order valence-corrected chi connectivity index (χ4v) is 3.62. The number of hydrogen-bond acceptors (Lipinski definition) is 4. The third-order valence-corrected chi connectivity index (χ3v) is 5.63. The van der Waals surface area contributed by atoms with Gasteiger partial charge in [-0.15, -0.1) is 0 Å². The standard InChI is InChI=1S/C5H15NO6P2S/c1-15-4-2-3-6-5(13(7,8)9)14(10,11)12/h5-6H,2-4H2,1H3,(H2,7,8,9)(H2,10,11,12). The Labute approximate surface area is 92.0 Å². The van der Waals surface area contributed by atoms with Crippen LogP contribution in [0.3, 0.4) is 0 Å². The average molecular weight is 279 g/mol. The Bertz CT molecular complexity index is 253. The minimum atomic E-state index is -4.83. The molecule has 0 aromatic rings. The fraction of sp³-hybridized carbons (Fsp3) is 1.00. The minimum absolute atomic E-state index is 0.154. The first-order chi connectivity index (χ1) is 6.69. The van der Waals surface area contributed by atoms with E-state index in [0.29, 0.717) is 6.42 Å². The van der Waals surface area contributed by atoms with Gasteiger partial charge in [-0.05, 0) is 25.0 Å². The van der Waals surface area contributed by atoms with E-state index in [1.54, 1.807) is 11.8 Å². The van der Waals surface area contributed by atoms with Gasteiger partial charge in [0.15, 0.2) is 0 Å². The summed E-state index contributed by atoms with van der Waals surface area (Å²) in [6.45, 7) is 0.154. The molecule has 0 bridgehead atoms. The Morgan fingerprint density at radius 2 is 1.67 bits per heavy atom. The van der Waals surface area contributed by atoms with Crippen molar-refractivity contribution in [3.63, 3.8) is 0 Å². The highest BCUT2D eigenvalue weighted by molar-refractivity contribution is 7.98. The predicted octanol–water partition coefficient (Wildman–Crippen LogP) is -0.0319. The van der Waals surface area contributed by atoms with Gasteiger partial charge < -0.3 is 19.6 Å². The van der Waals surface area contributed by atoms with Gasteiger partial charge in [0.25, 0.3) is 0 Å². The molecule has 0 radical (unpaired) electrons. The maximum Gasteiger partial charge on any atom is 0.354 e. The third kappa shape index (κ3) is 6.71. The lowest BCUT2D eigenvalue weighted by Gasteiger charge is -2.20. The largest absolute Gasteiger partial charge is 0.354 e. The summed E-state index contributed by atoms with van der Waals surface area (Å²) in [6, 6.07) is 0. The summed E-state index contributed by atoms with van der Waals surface area (Å²) in [6.07, 6.45) is 2.45. The maximum atomic E-state index is 10.8. The van der Waals surface area contributed by atoms with Crippen LogP contribution in [0.15, 0.2) is 0 Å². The highest BCUT2D eigenvalue weighted by atomic mass is 32.2. The number of hydrogen-bond donors (Lipinski definition) is 5. The molecule has 0 aliphatic carbocycles. The second-order valence-corrected chi connectivity index (χ2v) is 7.63. The van der Waals surface area contributed by atoms with E-state index in [1.807, 2.05) is 6.26 Å². The zero-order valence-electron chi connectivity index (χ0n) is 8.11. The summed E-state index contributed by atoms with van der Waals surface area (Å²) in [4.78, 5) is 34.9. The molecule has 0 heterocycles. The second-order valence-electron chi connectivity index (χ2n) is 2.85. The normalized spacial score (nSPS) is 13.5. The Hall–Kier alpha value is 0.610. The molecule has 0 unspecified atom stereocenters. The first-order valence-corrected chi connectivity index (χ1v) is 8.78. The van der Waals surface area contributed by atoms with E-state index in [4.69, 9.17) is 19.6 Å². The first kappa shape index (κ1) is 15.6. The summed E-state index contributed by atoms with van der Waals surface area (Å²) in [7, 11) is -9.65. The monoisotopic (exact) mass is 279 g/mol. The third-order valence-electron chi connectivity index (χ3n) is 1.49. The Morgan fingerprint density at radius 3 is 2.00 bits per heavy atom. The van der Waals surface area contributed by atoms with Gasteiger partial charge in [-0.3, -0.25) is 14.4 Å². The molecular weight excluding hydrogens is 264 g/mol. The molecule has 92 valence electrons. The highest BCUT2D eigenvalue weighted by Crippen LogP contribution is 2.58. The number of nitrogens with one attached hydrogen (secondary N) is 1. The van der Waals surface area contributed by atoms with E-state index in [9.17, 15) is 9.13 Å². The quantitative estimate of drug-likeness (QED) is 0.325. The Kier molecular flexibility index (Phi) is 6.63. The van der Waals surface area contributed by atoms with Gasteiger partial charge in [0.2, 0.25) is 5.52 Å². The van der Waals surface area contributed by atoms with Gasteiger partial charge in [-0.2, -0.15) is 11.8 Å². The molecule has 0 saturated heterocycles. The summed E-state index contributed by atoms with van der Waals surface area (Å²) < 4.78 is 21.6. The SMILES string of the molecule is CSCCCNC(P(=O)(O)O)P(=O)(O)O. The van der Waals surface area contributed by atoms with Gasteiger partial charge in [-0.25, -0.2) is 0 Å². The number of thioether (sulfide) groups is 1. The van der Waals surface area contributed by atoms with Crippen LogP contribution in [0.4, 0.5) is 0 Å². The van der Waals surface area contributed by atoms with Crippen molar-refractivity contribution >= 4 is 27.0 Å². The molecule has 0 atom stereocenters. The van der Waals surface area contributed by atoms with Crippen molar-refractivity contribution in [2.45, 2.75) is 11.9 Å². The molecule has 15 heavy (non-hydrogen) atoms. The van der Waals surface area contributed by atoms with Crippen LogP contribution in [0.1, 0.15) is 6.42 Å². The van der Waals surface area contributed by atoms with Gasteiger partial charge >= 0.3 is 15.2 Å². The van der Waals surface area contributed by atoms with Crippen LogP contribution < -0.4 is 5.32 Å². The molecule has 7 nitrogen and oxygen atoms in total. The zero-order valence-corrected chi connectivity index (χ0v) is 10.7. The minimum Gasteiger partial charge on any atom is -0.323 e. The number of rotatable bonds is 7. The lowest BCUT2D eigenvalue weighted by atomic mass is 10.5. The molecular formula is C5H15NO6P2S. The second kappa shape index (κ2) is 6.37. The van der Waals surface area contributed by atoms with Crippen LogP contribution in [-0.4, -0.2) is 43.7 Å². The van der Waals surface area contributed by atoms with E-state index < -0.39 is 20.7 Å². The van der Waals surface area contributed by atoms with Gasteiger partial charge in [-0.1, -0.05) is 0 Å². The highest BCUT2D eigenvalue weighted by Gasteiger charge is 2.42. The molecule has 0 aromatic carbocycles. The van der Waals surface area contributed by atoms with Crippen LogP contribution >= 0.6 is 27.0 Å². The zero-order chi connectivity index (χ0) is 12.1. The van der Waals surface area contributed by atoms with Gasteiger partial charge in [0.1, 0.15) is 0 Å².